The Morgan fingerprint density at radius 1 is 0.923 bits per heavy atom. The van der Waals surface area contributed by atoms with Crippen molar-refractivity contribution in [3.05, 3.63) is 90.3 Å². The van der Waals surface area contributed by atoms with Crippen molar-refractivity contribution in [1.29, 1.82) is 0 Å². The van der Waals surface area contributed by atoms with Crippen LogP contribution in [-0.4, -0.2) is 34.9 Å². The molecule has 26 heavy (non-hydrogen) atoms. The van der Waals surface area contributed by atoms with Crippen molar-refractivity contribution in [2.45, 2.75) is 6.54 Å². The Kier molecular flexibility index (Phi) is 5.49. The molecule has 0 aliphatic rings. The number of para-hydroxylation sites is 1. The number of hydrogen-bond donors (Lipinski definition) is 1. The van der Waals surface area contributed by atoms with E-state index in [0.717, 1.165) is 12.1 Å². The monoisotopic (exact) mass is 347 g/mol. The molecule has 0 aliphatic carbocycles. The second-order valence-electron chi connectivity index (χ2n) is 6.13. The van der Waals surface area contributed by atoms with Gasteiger partial charge in [0.2, 0.25) is 5.91 Å². The number of rotatable bonds is 6. The molecule has 0 fully saturated rings. The van der Waals surface area contributed by atoms with Gasteiger partial charge >= 0.3 is 0 Å². The molecule has 0 atom stereocenters. The molecule has 5 nitrogen and oxygen atoms in total. The maximum absolute atomic E-state index is 12.5. The summed E-state index contributed by atoms with van der Waals surface area (Å²) in [4.78, 5) is 26.0. The Hall–Kier alpha value is -3.34. The number of nitrogens with zero attached hydrogens (tertiary/aromatic N) is 2. The molecule has 1 N–H and O–H groups in total. The topological polar surface area (TPSA) is 54.3 Å². The van der Waals surface area contributed by atoms with Crippen molar-refractivity contribution >= 4 is 17.5 Å². The zero-order valence-corrected chi connectivity index (χ0v) is 14.6. The molecule has 0 radical (unpaired) electrons. The van der Waals surface area contributed by atoms with Crippen LogP contribution in [0.4, 0.5) is 5.69 Å². The average Bonchev–Trinajstić information content (AvgIpc) is 3.15. The molecule has 0 saturated carbocycles. The van der Waals surface area contributed by atoms with Crippen molar-refractivity contribution in [2.24, 2.45) is 0 Å². The van der Waals surface area contributed by atoms with E-state index in [0.29, 0.717) is 11.3 Å². The molecule has 5 heteroatoms. The highest BCUT2D eigenvalue weighted by Gasteiger charge is 2.15. The van der Waals surface area contributed by atoms with Crippen LogP contribution >= 0.6 is 0 Å². The van der Waals surface area contributed by atoms with E-state index in [1.54, 1.807) is 19.2 Å². The van der Waals surface area contributed by atoms with Gasteiger partial charge in [-0.25, -0.2) is 0 Å². The maximum atomic E-state index is 12.5. The Labute approximate surface area is 152 Å². The van der Waals surface area contributed by atoms with E-state index < -0.39 is 0 Å². The van der Waals surface area contributed by atoms with Crippen molar-refractivity contribution in [3.8, 4) is 0 Å². The van der Waals surface area contributed by atoms with Gasteiger partial charge in [-0.15, -0.1) is 0 Å². The standard InChI is InChI=1S/C21H21N3O2/c1-23(16-20(25)22-19-7-3-2-4-8-19)21(26)18-11-9-17(10-12-18)15-24-13-5-6-14-24/h2-14H,15-16H2,1H3,(H,22,25). The first kappa shape index (κ1) is 17.5. The van der Waals surface area contributed by atoms with Gasteiger partial charge in [-0.2, -0.15) is 0 Å². The van der Waals surface area contributed by atoms with Gasteiger partial charge in [0.05, 0.1) is 6.54 Å². The van der Waals surface area contributed by atoms with Crippen LogP contribution in [0.5, 0.6) is 0 Å². The third-order valence-corrected chi connectivity index (χ3v) is 4.02. The summed E-state index contributed by atoms with van der Waals surface area (Å²) < 4.78 is 2.07. The fourth-order valence-electron chi connectivity index (χ4n) is 2.67. The predicted octanol–water partition coefficient (Wildman–Crippen LogP) is 3.25. The molecule has 3 rings (SSSR count). The zero-order valence-electron chi connectivity index (χ0n) is 14.6. The lowest BCUT2D eigenvalue weighted by Gasteiger charge is -2.17. The summed E-state index contributed by atoms with van der Waals surface area (Å²) >= 11 is 0. The van der Waals surface area contributed by atoms with Gasteiger partial charge in [-0.1, -0.05) is 30.3 Å². The van der Waals surface area contributed by atoms with Crippen LogP contribution in [0.1, 0.15) is 15.9 Å². The summed E-state index contributed by atoms with van der Waals surface area (Å²) in [5.41, 5.74) is 2.39. The van der Waals surface area contributed by atoms with E-state index in [-0.39, 0.29) is 18.4 Å². The highest BCUT2D eigenvalue weighted by atomic mass is 16.2. The van der Waals surface area contributed by atoms with Gasteiger partial charge in [0, 0.05) is 37.2 Å². The fourth-order valence-corrected chi connectivity index (χ4v) is 2.67. The van der Waals surface area contributed by atoms with Crippen LogP contribution in [0, 0.1) is 0 Å². The van der Waals surface area contributed by atoms with E-state index in [1.165, 1.54) is 4.90 Å². The van der Waals surface area contributed by atoms with Crippen LogP contribution in [-0.2, 0) is 11.3 Å². The minimum absolute atomic E-state index is 0.00114. The van der Waals surface area contributed by atoms with Gasteiger partial charge in [0.1, 0.15) is 0 Å². The number of likely N-dealkylation sites (N-methyl/N-ethyl adjacent to an activating group) is 1. The minimum Gasteiger partial charge on any atom is -0.350 e. The summed E-state index contributed by atoms with van der Waals surface area (Å²) in [7, 11) is 1.63. The predicted molar refractivity (Wildman–Crippen MR) is 102 cm³/mol. The molecule has 0 unspecified atom stereocenters. The van der Waals surface area contributed by atoms with E-state index in [9.17, 15) is 9.59 Å². The summed E-state index contributed by atoms with van der Waals surface area (Å²) in [6.07, 6.45) is 4.00. The molecule has 0 bridgehead atoms. The molecule has 2 aromatic carbocycles. The fraction of sp³-hybridized carbons (Fsp3) is 0.143. The molecule has 0 spiro atoms. The number of benzene rings is 2. The smallest absolute Gasteiger partial charge is 0.254 e. The molecule has 1 aromatic heterocycles. The summed E-state index contributed by atoms with van der Waals surface area (Å²) in [5, 5.41) is 2.78. The number of carbonyl (C=O) groups is 2. The summed E-state index contributed by atoms with van der Waals surface area (Å²) in [6.45, 7) is 0.760. The molecule has 1 heterocycles. The first-order chi connectivity index (χ1) is 12.6. The number of hydrogen-bond acceptors (Lipinski definition) is 2. The normalized spacial score (nSPS) is 10.3. The Bertz CT molecular complexity index is 856. The highest BCUT2D eigenvalue weighted by Crippen LogP contribution is 2.10. The van der Waals surface area contributed by atoms with E-state index in [2.05, 4.69) is 9.88 Å². The number of anilines is 1. The van der Waals surface area contributed by atoms with Crippen molar-refractivity contribution in [3.63, 3.8) is 0 Å². The zero-order chi connectivity index (χ0) is 18.4. The van der Waals surface area contributed by atoms with Gasteiger partial charge in [0.15, 0.2) is 0 Å². The molecule has 132 valence electrons. The Morgan fingerprint density at radius 3 is 2.23 bits per heavy atom. The second-order valence-corrected chi connectivity index (χ2v) is 6.13. The Morgan fingerprint density at radius 2 is 1.58 bits per heavy atom. The lowest BCUT2D eigenvalue weighted by atomic mass is 10.1. The molecule has 2 amide bonds. The lowest BCUT2D eigenvalue weighted by molar-refractivity contribution is -0.116. The van der Waals surface area contributed by atoms with Crippen LogP contribution in [0.3, 0.4) is 0 Å². The number of amides is 2. The van der Waals surface area contributed by atoms with E-state index in [1.807, 2.05) is 67.0 Å². The molecule has 0 saturated heterocycles. The number of carbonyl (C=O) groups excluding carboxylic acids is 2. The van der Waals surface area contributed by atoms with E-state index >= 15 is 0 Å². The molecular weight excluding hydrogens is 326 g/mol. The maximum Gasteiger partial charge on any atom is 0.254 e. The number of nitrogens with one attached hydrogen (secondary N) is 1. The quantitative estimate of drug-likeness (QED) is 0.744. The van der Waals surface area contributed by atoms with Crippen molar-refractivity contribution < 1.29 is 9.59 Å². The highest BCUT2D eigenvalue weighted by molar-refractivity contribution is 5.99. The first-order valence-electron chi connectivity index (χ1n) is 8.42. The molecular formula is C21H21N3O2. The molecule has 0 aliphatic heterocycles. The third kappa shape index (κ3) is 4.60. The molecule has 3 aromatic rings. The van der Waals surface area contributed by atoms with Gasteiger partial charge in [-0.05, 0) is 42.0 Å². The summed E-state index contributed by atoms with van der Waals surface area (Å²) in [5.74, 6) is -0.406. The first-order valence-corrected chi connectivity index (χ1v) is 8.42. The van der Waals surface area contributed by atoms with Crippen molar-refractivity contribution in [2.75, 3.05) is 18.9 Å². The van der Waals surface area contributed by atoms with Crippen LogP contribution in [0.15, 0.2) is 79.1 Å². The SMILES string of the molecule is CN(CC(=O)Nc1ccccc1)C(=O)c1ccc(Cn2cccc2)cc1. The van der Waals surface area contributed by atoms with E-state index in [4.69, 9.17) is 0 Å². The minimum atomic E-state index is -0.226. The van der Waals surface area contributed by atoms with Crippen LogP contribution in [0.25, 0.3) is 0 Å². The van der Waals surface area contributed by atoms with Crippen LogP contribution < -0.4 is 5.32 Å². The van der Waals surface area contributed by atoms with Gasteiger partial charge < -0.3 is 14.8 Å². The lowest BCUT2D eigenvalue weighted by Crippen LogP contribution is -2.34. The van der Waals surface area contributed by atoms with Gasteiger partial charge in [0.25, 0.3) is 5.91 Å². The third-order valence-electron chi connectivity index (χ3n) is 4.02. The summed E-state index contributed by atoms with van der Waals surface area (Å²) in [6, 6.07) is 20.6. The average molecular weight is 347 g/mol. The van der Waals surface area contributed by atoms with Crippen molar-refractivity contribution in [1.82, 2.24) is 9.47 Å². The number of aromatic nitrogens is 1. The second kappa shape index (κ2) is 8.16. The van der Waals surface area contributed by atoms with Crippen LogP contribution in [0.2, 0.25) is 0 Å². The van der Waals surface area contributed by atoms with Gasteiger partial charge in [-0.3, -0.25) is 9.59 Å². The Balaban J connectivity index is 1.56. The largest absolute Gasteiger partial charge is 0.350 e.